The number of nitrogens with zero attached hydrogens (tertiary/aromatic N) is 3. The standard InChI is InChI=1S/C18H29N3O4S/c1-5-19-10-12-20(13-11-19)18(22)14-21(26(4,23)24)16-6-8-17(9-7-16)25-15(2)3/h6-9,15H,5,10-14H2,1-4H3. The van der Waals surface area contributed by atoms with Gasteiger partial charge in [0.1, 0.15) is 12.3 Å². The van der Waals surface area contributed by atoms with Gasteiger partial charge in [0.05, 0.1) is 18.0 Å². The Morgan fingerprint density at radius 3 is 2.19 bits per heavy atom. The molecule has 0 N–H and O–H groups in total. The minimum Gasteiger partial charge on any atom is -0.491 e. The highest BCUT2D eigenvalue weighted by atomic mass is 32.2. The van der Waals surface area contributed by atoms with Crippen LogP contribution in [0.1, 0.15) is 20.8 Å². The zero-order chi connectivity index (χ0) is 19.3. The van der Waals surface area contributed by atoms with Gasteiger partial charge in [0.15, 0.2) is 0 Å². The molecule has 2 rings (SSSR count). The summed E-state index contributed by atoms with van der Waals surface area (Å²) < 4.78 is 31.2. The van der Waals surface area contributed by atoms with E-state index in [4.69, 9.17) is 4.74 Å². The molecule has 0 saturated carbocycles. The third-order valence-corrected chi connectivity index (χ3v) is 5.49. The van der Waals surface area contributed by atoms with Crippen LogP contribution in [-0.2, 0) is 14.8 Å². The van der Waals surface area contributed by atoms with E-state index in [9.17, 15) is 13.2 Å². The number of anilines is 1. The molecule has 1 aromatic carbocycles. The van der Waals surface area contributed by atoms with Crippen LogP contribution < -0.4 is 9.04 Å². The molecule has 1 saturated heterocycles. The Morgan fingerprint density at radius 2 is 1.73 bits per heavy atom. The maximum absolute atomic E-state index is 12.6. The molecule has 0 radical (unpaired) electrons. The van der Waals surface area contributed by atoms with Gasteiger partial charge in [-0.05, 0) is 44.7 Å². The maximum Gasteiger partial charge on any atom is 0.243 e. The van der Waals surface area contributed by atoms with Gasteiger partial charge < -0.3 is 14.5 Å². The van der Waals surface area contributed by atoms with Gasteiger partial charge in [-0.25, -0.2) is 8.42 Å². The van der Waals surface area contributed by atoms with Crippen molar-refractivity contribution in [1.29, 1.82) is 0 Å². The van der Waals surface area contributed by atoms with Gasteiger partial charge in [-0.15, -0.1) is 0 Å². The van der Waals surface area contributed by atoms with Crippen molar-refractivity contribution in [1.82, 2.24) is 9.80 Å². The first kappa shape index (κ1) is 20.5. The first-order valence-electron chi connectivity index (χ1n) is 8.95. The van der Waals surface area contributed by atoms with Gasteiger partial charge in [0.25, 0.3) is 0 Å². The zero-order valence-corrected chi connectivity index (χ0v) is 16.8. The molecule has 0 aromatic heterocycles. The van der Waals surface area contributed by atoms with E-state index in [1.807, 2.05) is 13.8 Å². The molecule has 1 aliphatic rings. The smallest absolute Gasteiger partial charge is 0.243 e. The van der Waals surface area contributed by atoms with Crippen LogP contribution in [0, 0.1) is 0 Å². The third-order valence-electron chi connectivity index (χ3n) is 4.35. The van der Waals surface area contributed by atoms with Crippen molar-refractivity contribution in [2.24, 2.45) is 0 Å². The highest BCUT2D eigenvalue weighted by molar-refractivity contribution is 7.92. The molecule has 1 aromatic rings. The van der Waals surface area contributed by atoms with Crippen LogP contribution in [0.5, 0.6) is 5.75 Å². The maximum atomic E-state index is 12.6. The molecule has 7 nitrogen and oxygen atoms in total. The van der Waals surface area contributed by atoms with Crippen LogP contribution >= 0.6 is 0 Å². The van der Waals surface area contributed by atoms with Gasteiger partial charge in [0.2, 0.25) is 15.9 Å². The predicted octanol–water partition coefficient (Wildman–Crippen LogP) is 1.40. The highest BCUT2D eigenvalue weighted by Gasteiger charge is 2.26. The van der Waals surface area contributed by atoms with Crippen LogP contribution in [0.15, 0.2) is 24.3 Å². The molecule has 0 aliphatic carbocycles. The fourth-order valence-electron chi connectivity index (χ4n) is 2.90. The minimum atomic E-state index is -3.57. The molecule has 0 spiro atoms. The number of likely N-dealkylation sites (N-methyl/N-ethyl adjacent to an activating group) is 1. The lowest BCUT2D eigenvalue weighted by atomic mass is 10.3. The molecule has 0 bridgehead atoms. The molecular weight excluding hydrogens is 354 g/mol. The molecule has 1 amide bonds. The van der Waals surface area contributed by atoms with E-state index in [0.29, 0.717) is 24.5 Å². The van der Waals surface area contributed by atoms with Gasteiger partial charge in [-0.1, -0.05) is 6.92 Å². The molecule has 0 atom stereocenters. The number of carbonyl (C=O) groups excluding carboxylic acids is 1. The summed E-state index contributed by atoms with van der Waals surface area (Å²) in [5.41, 5.74) is 0.462. The van der Waals surface area contributed by atoms with Crippen LogP contribution in [-0.4, -0.2) is 75.8 Å². The van der Waals surface area contributed by atoms with E-state index in [2.05, 4.69) is 11.8 Å². The predicted molar refractivity (Wildman–Crippen MR) is 103 cm³/mol. The quantitative estimate of drug-likeness (QED) is 0.712. The van der Waals surface area contributed by atoms with Gasteiger partial charge in [0, 0.05) is 26.2 Å². The molecule has 146 valence electrons. The zero-order valence-electron chi connectivity index (χ0n) is 16.0. The summed E-state index contributed by atoms with van der Waals surface area (Å²) in [6.07, 6.45) is 1.16. The van der Waals surface area contributed by atoms with Crippen molar-refractivity contribution in [2.45, 2.75) is 26.9 Å². The number of sulfonamides is 1. The number of piperazine rings is 1. The van der Waals surface area contributed by atoms with Crippen LogP contribution in [0.25, 0.3) is 0 Å². The Balaban J connectivity index is 2.09. The normalized spacial score (nSPS) is 16.0. The number of hydrogen-bond acceptors (Lipinski definition) is 5. The molecule has 1 fully saturated rings. The van der Waals surface area contributed by atoms with Crippen LogP contribution in [0.2, 0.25) is 0 Å². The summed E-state index contributed by atoms with van der Waals surface area (Å²) >= 11 is 0. The highest BCUT2D eigenvalue weighted by Crippen LogP contribution is 2.22. The van der Waals surface area contributed by atoms with Gasteiger partial charge in [-0.2, -0.15) is 0 Å². The van der Waals surface area contributed by atoms with Crippen molar-refractivity contribution in [3.63, 3.8) is 0 Å². The summed E-state index contributed by atoms with van der Waals surface area (Å²) in [6.45, 7) is 9.62. The second-order valence-corrected chi connectivity index (χ2v) is 8.65. The van der Waals surface area contributed by atoms with E-state index in [-0.39, 0.29) is 18.6 Å². The number of benzene rings is 1. The van der Waals surface area contributed by atoms with Crippen molar-refractivity contribution < 1.29 is 17.9 Å². The fraction of sp³-hybridized carbons (Fsp3) is 0.611. The van der Waals surface area contributed by atoms with E-state index in [1.165, 1.54) is 0 Å². The lowest BCUT2D eigenvalue weighted by molar-refractivity contribution is -0.131. The number of amides is 1. The third kappa shape index (κ3) is 5.60. The first-order valence-corrected chi connectivity index (χ1v) is 10.8. The molecule has 8 heteroatoms. The Hall–Kier alpha value is -1.80. The number of rotatable bonds is 7. The molecule has 1 heterocycles. The van der Waals surface area contributed by atoms with Crippen molar-refractivity contribution in [3.8, 4) is 5.75 Å². The summed E-state index contributed by atoms with van der Waals surface area (Å²) in [5, 5.41) is 0. The Bertz CT molecular complexity index is 696. The number of carbonyl (C=O) groups is 1. The van der Waals surface area contributed by atoms with Gasteiger partial charge in [-0.3, -0.25) is 9.10 Å². The van der Waals surface area contributed by atoms with E-state index in [0.717, 1.165) is 30.2 Å². The molecule has 0 unspecified atom stereocenters. The molecule has 26 heavy (non-hydrogen) atoms. The Morgan fingerprint density at radius 1 is 1.15 bits per heavy atom. The van der Waals surface area contributed by atoms with Crippen molar-refractivity contribution in [2.75, 3.05) is 49.8 Å². The Labute approximate surface area is 156 Å². The second-order valence-electron chi connectivity index (χ2n) is 6.75. The summed E-state index contributed by atoms with van der Waals surface area (Å²) in [5.74, 6) is 0.493. The topological polar surface area (TPSA) is 70.2 Å². The SMILES string of the molecule is CCN1CCN(C(=O)CN(c2ccc(OC(C)C)cc2)S(C)(=O)=O)CC1. The summed E-state index contributed by atoms with van der Waals surface area (Å²) in [4.78, 5) is 16.6. The monoisotopic (exact) mass is 383 g/mol. The van der Waals surface area contributed by atoms with Crippen LogP contribution in [0.3, 0.4) is 0 Å². The lowest BCUT2D eigenvalue weighted by Gasteiger charge is -2.35. The Kier molecular flexibility index (Phi) is 6.88. The number of hydrogen-bond donors (Lipinski definition) is 0. The second kappa shape index (κ2) is 8.73. The summed E-state index contributed by atoms with van der Waals surface area (Å²) in [6, 6.07) is 6.78. The van der Waals surface area contributed by atoms with Crippen LogP contribution in [0.4, 0.5) is 5.69 Å². The van der Waals surface area contributed by atoms with Crippen molar-refractivity contribution >= 4 is 21.6 Å². The van der Waals surface area contributed by atoms with Gasteiger partial charge >= 0.3 is 0 Å². The molecular formula is C18H29N3O4S. The first-order chi connectivity index (χ1) is 12.2. The van der Waals surface area contributed by atoms with E-state index < -0.39 is 10.0 Å². The largest absolute Gasteiger partial charge is 0.491 e. The average molecular weight is 384 g/mol. The molecule has 1 aliphatic heterocycles. The average Bonchev–Trinajstić information content (AvgIpc) is 2.59. The number of ether oxygens (including phenoxy) is 1. The fourth-order valence-corrected chi connectivity index (χ4v) is 3.75. The lowest BCUT2D eigenvalue weighted by Crippen LogP contribution is -2.51. The van der Waals surface area contributed by atoms with E-state index >= 15 is 0 Å². The van der Waals surface area contributed by atoms with Crippen molar-refractivity contribution in [3.05, 3.63) is 24.3 Å². The van der Waals surface area contributed by atoms with E-state index in [1.54, 1.807) is 29.2 Å². The minimum absolute atomic E-state index is 0.0372. The summed E-state index contributed by atoms with van der Waals surface area (Å²) in [7, 11) is -3.57.